The molecule has 1 saturated heterocycles. The molecule has 0 bridgehead atoms. The molecule has 0 amide bonds. The lowest BCUT2D eigenvalue weighted by molar-refractivity contribution is -0.145. The minimum atomic E-state index is -0.167. The van der Waals surface area contributed by atoms with Crippen molar-refractivity contribution in [3.63, 3.8) is 0 Å². The number of carbonyl (C=O) groups is 1. The van der Waals surface area contributed by atoms with E-state index >= 15 is 0 Å². The van der Waals surface area contributed by atoms with Crippen molar-refractivity contribution < 1.29 is 23.7 Å². The van der Waals surface area contributed by atoms with E-state index in [2.05, 4.69) is 22.9 Å². The number of halogens is 2. The van der Waals surface area contributed by atoms with Gasteiger partial charge < -0.3 is 24.7 Å². The fourth-order valence-electron chi connectivity index (χ4n) is 5.86. The fourth-order valence-corrected chi connectivity index (χ4v) is 6.82. The van der Waals surface area contributed by atoms with Crippen LogP contribution in [0.4, 0.5) is 0 Å². The van der Waals surface area contributed by atoms with Gasteiger partial charge in [-0.1, -0.05) is 53.5 Å². The number of likely N-dealkylation sites (tertiary alicyclic amines) is 1. The zero-order valence-corrected chi connectivity index (χ0v) is 29.8. The lowest BCUT2D eigenvalue weighted by Gasteiger charge is -2.22. The van der Waals surface area contributed by atoms with Crippen molar-refractivity contribution in [1.82, 2.24) is 9.88 Å². The second-order valence-corrected chi connectivity index (χ2v) is 13.2. The lowest BCUT2D eigenvalue weighted by atomic mass is 9.96. The van der Waals surface area contributed by atoms with E-state index in [0.29, 0.717) is 40.5 Å². The molecule has 0 radical (unpaired) electrons. The van der Waals surface area contributed by atoms with E-state index < -0.39 is 0 Å². The minimum absolute atomic E-state index is 0.163. The number of aromatic nitrogens is 1. The number of thioether (sulfide) groups is 1. The number of rotatable bonds is 15. The van der Waals surface area contributed by atoms with Crippen LogP contribution in [0.15, 0.2) is 71.9 Å². The van der Waals surface area contributed by atoms with Gasteiger partial charge in [-0.3, -0.25) is 14.7 Å². The van der Waals surface area contributed by atoms with Gasteiger partial charge in [0.15, 0.2) is 0 Å². The third kappa shape index (κ3) is 8.76. The molecular formula is C37H41Cl2N3O5S. The highest BCUT2D eigenvalue weighted by molar-refractivity contribution is 7.98. The minimum Gasteiger partial charge on any atom is -0.492 e. The summed E-state index contributed by atoms with van der Waals surface area (Å²) in [5, 5.41) is 1.01. The van der Waals surface area contributed by atoms with Crippen LogP contribution in [0.1, 0.15) is 41.5 Å². The van der Waals surface area contributed by atoms with Gasteiger partial charge in [0.25, 0.3) is 0 Å². The molecule has 254 valence electrons. The van der Waals surface area contributed by atoms with Gasteiger partial charge in [-0.15, -0.1) is 11.8 Å². The predicted octanol–water partition coefficient (Wildman–Crippen LogP) is 8.11. The first-order chi connectivity index (χ1) is 23.3. The zero-order valence-electron chi connectivity index (χ0n) is 27.5. The second-order valence-electron chi connectivity index (χ2n) is 11.5. The number of pyridine rings is 1. The van der Waals surface area contributed by atoms with Crippen molar-refractivity contribution in [3.8, 4) is 28.4 Å². The molecule has 1 aliphatic rings. The molecule has 0 spiro atoms. The Morgan fingerprint density at radius 1 is 0.979 bits per heavy atom. The molecule has 2 N–H and O–H groups in total. The van der Waals surface area contributed by atoms with Gasteiger partial charge in [-0.2, -0.15) is 0 Å². The number of carbonyl (C=O) groups excluding carboxylic acids is 1. The molecule has 4 aromatic rings. The molecule has 3 aromatic carbocycles. The van der Waals surface area contributed by atoms with Crippen molar-refractivity contribution in [2.24, 2.45) is 5.73 Å². The smallest absolute Gasteiger partial charge is 0.323 e. The van der Waals surface area contributed by atoms with E-state index in [4.69, 9.17) is 47.9 Å². The van der Waals surface area contributed by atoms with Crippen LogP contribution >= 0.6 is 35.0 Å². The Kier molecular flexibility index (Phi) is 12.9. The van der Waals surface area contributed by atoms with Gasteiger partial charge >= 0.3 is 5.97 Å². The standard InChI is InChI=1S/C37H41Cl2N3O5S/c1-24-26(23-47-35-18-34(27(19-40)17-31(35)38)46-22-25-16-28(48-3)21-41-20-25)8-4-9-29(24)30-10-5-12-33(36(30)39)45-15-7-14-42-13-6-11-32(42)37(43)44-2/h4-5,8-10,12,16-18,20-21,32H,6-7,11,13-15,19,22-23,40H2,1-3H3. The van der Waals surface area contributed by atoms with Crippen LogP contribution < -0.4 is 19.9 Å². The maximum Gasteiger partial charge on any atom is 0.323 e. The van der Waals surface area contributed by atoms with Crippen molar-refractivity contribution in [1.29, 1.82) is 0 Å². The highest BCUT2D eigenvalue weighted by Crippen LogP contribution is 2.38. The molecule has 5 rings (SSSR count). The molecule has 48 heavy (non-hydrogen) atoms. The average molecular weight is 711 g/mol. The van der Waals surface area contributed by atoms with Crippen molar-refractivity contribution in [2.75, 3.05) is 33.1 Å². The van der Waals surface area contributed by atoms with Crippen molar-refractivity contribution in [3.05, 3.63) is 99.3 Å². The molecule has 1 fully saturated rings. The summed E-state index contributed by atoms with van der Waals surface area (Å²) < 4.78 is 23.5. The Bertz CT molecular complexity index is 1720. The lowest BCUT2D eigenvalue weighted by Crippen LogP contribution is -2.37. The average Bonchev–Trinajstić information content (AvgIpc) is 3.58. The van der Waals surface area contributed by atoms with E-state index in [1.165, 1.54) is 7.11 Å². The van der Waals surface area contributed by atoms with Crippen LogP contribution in [0, 0.1) is 6.92 Å². The zero-order chi connectivity index (χ0) is 34.0. The molecule has 11 heteroatoms. The summed E-state index contributed by atoms with van der Waals surface area (Å²) in [6, 6.07) is 17.3. The van der Waals surface area contributed by atoms with E-state index in [1.54, 1.807) is 30.1 Å². The normalized spacial score (nSPS) is 14.6. The second kappa shape index (κ2) is 17.3. The van der Waals surface area contributed by atoms with Crippen LogP contribution in [0.5, 0.6) is 17.2 Å². The van der Waals surface area contributed by atoms with Gasteiger partial charge in [-0.05, 0) is 73.9 Å². The Morgan fingerprint density at radius 2 is 1.77 bits per heavy atom. The first-order valence-electron chi connectivity index (χ1n) is 15.9. The maximum atomic E-state index is 12.1. The van der Waals surface area contributed by atoms with Gasteiger partial charge in [0, 0.05) is 53.1 Å². The largest absolute Gasteiger partial charge is 0.492 e. The van der Waals surface area contributed by atoms with E-state index in [-0.39, 0.29) is 25.2 Å². The molecular weight excluding hydrogens is 669 g/mol. The van der Waals surface area contributed by atoms with Gasteiger partial charge in [0.05, 0.1) is 23.8 Å². The van der Waals surface area contributed by atoms with Crippen LogP contribution in [-0.2, 0) is 29.3 Å². The SMILES string of the molecule is COC(=O)C1CCCN1CCCOc1cccc(-c2cccc(COc3cc(OCc4cncc(SC)c4)c(CN)cc3Cl)c2C)c1Cl. The van der Waals surface area contributed by atoms with Gasteiger partial charge in [-0.25, -0.2) is 0 Å². The van der Waals surface area contributed by atoms with Crippen molar-refractivity contribution in [2.45, 2.75) is 56.9 Å². The number of benzene rings is 3. The van der Waals surface area contributed by atoms with E-state index in [0.717, 1.165) is 70.6 Å². The number of nitrogens with two attached hydrogens (primary N) is 1. The van der Waals surface area contributed by atoms with E-state index in [1.807, 2.05) is 48.9 Å². The summed E-state index contributed by atoms with van der Waals surface area (Å²) in [6.07, 6.45) is 8.22. The Morgan fingerprint density at radius 3 is 2.56 bits per heavy atom. The molecule has 8 nitrogen and oxygen atoms in total. The Labute approximate surface area is 296 Å². The number of methoxy groups -OCH3 is 1. The molecule has 1 unspecified atom stereocenters. The summed E-state index contributed by atoms with van der Waals surface area (Å²) in [5.41, 5.74) is 11.6. The first-order valence-corrected chi connectivity index (χ1v) is 17.9. The highest BCUT2D eigenvalue weighted by Gasteiger charge is 2.30. The van der Waals surface area contributed by atoms with Gasteiger partial charge in [0.2, 0.25) is 0 Å². The summed E-state index contributed by atoms with van der Waals surface area (Å²) in [7, 11) is 1.44. The predicted molar refractivity (Wildman–Crippen MR) is 192 cm³/mol. The van der Waals surface area contributed by atoms with Crippen LogP contribution in [0.2, 0.25) is 10.0 Å². The Balaban J connectivity index is 1.24. The van der Waals surface area contributed by atoms with Crippen LogP contribution in [-0.4, -0.2) is 55.0 Å². The summed E-state index contributed by atoms with van der Waals surface area (Å²) in [4.78, 5) is 19.6. The van der Waals surface area contributed by atoms with Crippen LogP contribution in [0.3, 0.4) is 0 Å². The van der Waals surface area contributed by atoms with Gasteiger partial charge in [0.1, 0.15) is 36.5 Å². The number of nitrogens with zero attached hydrogens (tertiary/aromatic N) is 2. The molecule has 0 aliphatic carbocycles. The molecule has 2 heterocycles. The highest BCUT2D eigenvalue weighted by atomic mass is 35.5. The third-order valence-corrected chi connectivity index (χ3v) is 9.88. The first kappa shape index (κ1) is 35.8. The van der Waals surface area contributed by atoms with Crippen LogP contribution in [0.25, 0.3) is 11.1 Å². The number of esters is 1. The maximum absolute atomic E-state index is 12.1. The van der Waals surface area contributed by atoms with Crippen molar-refractivity contribution >= 4 is 40.9 Å². The summed E-state index contributed by atoms with van der Waals surface area (Å²) in [5.74, 6) is 1.57. The summed E-state index contributed by atoms with van der Waals surface area (Å²) >= 11 is 15.2. The molecule has 1 aromatic heterocycles. The molecule has 1 atom stereocenters. The topological polar surface area (TPSA) is 96.1 Å². The number of hydrogen-bond acceptors (Lipinski definition) is 9. The quantitative estimate of drug-likeness (QED) is 0.0746. The Hall–Kier alpha value is -3.47. The molecule has 1 aliphatic heterocycles. The summed E-state index contributed by atoms with van der Waals surface area (Å²) in [6.45, 7) is 5.09. The molecule has 0 saturated carbocycles. The monoisotopic (exact) mass is 709 g/mol. The third-order valence-electron chi connectivity index (χ3n) is 8.50. The number of hydrogen-bond donors (Lipinski definition) is 1. The fraction of sp³-hybridized carbons (Fsp3) is 0.351. The number of ether oxygens (including phenoxy) is 4. The van der Waals surface area contributed by atoms with E-state index in [9.17, 15) is 4.79 Å².